The van der Waals surface area contributed by atoms with Gasteiger partial charge in [0.25, 0.3) is 0 Å². The van der Waals surface area contributed by atoms with Gasteiger partial charge < -0.3 is 20.3 Å². The van der Waals surface area contributed by atoms with Crippen LogP contribution in [-0.2, 0) is 14.3 Å². The number of amides is 1. The van der Waals surface area contributed by atoms with Crippen molar-refractivity contribution in [1.82, 2.24) is 5.32 Å². The average molecular weight is 931 g/mol. The fraction of sp³-hybridized carbons (Fsp3) is 0.900. The third-order valence-electron chi connectivity index (χ3n) is 13.7. The van der Waals surface area contributed by atoms with Crippen LogP contribution in [-0.4, -0.2) is 47.4 Å². The Labute approximate surface area is 411 Å². The number of unbranched alkanes of at least 4 members (excludes halogenated alkanes) is 40. The summed E-state index contributed by atoms with van der Waals surface area (Å²) in [5.41, 5.74) is 0. The second-order valence-corrected chi connectivity index (χ2v) is 20.3. The Kier molecular flexibility index (Phi) is 54.5. The molecule has 0 aliphatic heterocycles. The highest BCUT2D eigenvalue weighted by molar-refractivity contribution is 5.76. The van der Waals surface area contributed by atoms with E-state index in [0.29, 0.717) is 25.9 Å². The van der Waals surface area contributed by atoms with Crippen LogP contribution >= 0.6 is 0 Å². The second-order valence-electron chi connectivity index (χ2n) is 20.3. The van der Waals surface area contributed by atoms with Gasteiger partial charge in [-0.2, -0.15) is 0 Å². The molecule has 0 aliphatic rings. The number of hydrogen-bond donors (Lipinski definition) is 3. The molecule has 2 atom stereocenters. The molecule has 0 saturated carbocycles. The normalized spacial score (nSPS) is 12.7. The van der Waals surface area contributed by atoms with Gasteiger partial charge in [0.05, 0.1) is 25.4 Å². The van der Waals surface area contributed by atoms with Gasteiger partial charge in [-0.15, -0.1) is 0 Å². The average Bonchev–Trinajstić information content (AvgIpc) is 3.32. The molecule has 0 radical (unpaired) electrons. The van der Waals surface area contributed by atoms with E-state index in [9.17, 15) is 19.8 Å². The molecule has 66 heavy (non-hydrogen) atoms. The predicted octanol–water partition coefficient (Wildman–Crippen LogP) is 18.2. The molecule has 0 spiro atoms. The van der Waals surface area contributed by atoms with Gasteiger partial charge in [-0.25, -0.2) is 0 Å². The van der Waals surface area contributed by atoms with Crippen LogP contribution < -0.4 is 5.32 Å². The summed E-state index contributed by atoms with van der Waals surface area (Å²) in [6, 6.07) is -0.553. The highest BCUT2D eigenvalue weighted by Gasteiger charge is 2.20. The summed E-state index contributed by atoms with van der Waals surface area (Å²) in [7, 11) is 0. The lowest BCUT2D eigenvalue weighted by Crippen LogP contribution is -2.45. The molecular weight excluding hydrogens is 815 g/mol. The summed E-state index contributed by atoms with van der Waals surface area (Å²) in [6.07, 6.45) is 67.4. The summed E-state index contributed by atoms with van der Waals surface area (Å²) in [5, 5.41) is 23.3. The molecule has 0 heterocycles. The number of carbonyl (C=O) groups is 2. The molecule has 3 N–H and O–H groups in total. The van der Waals surface area contributed by atoms with E-state index in [2.05, 4.69) is 43.5 Å². The topological polar surface area (TPSA) is 95.9 Å². The number of ether oxygens (including phenoxy) is 1. The number of rotatable bonds is 55. The molecule has 0 aromatic heterocycles. The zero-order valence-corrected chi connectivity index (χ0v) is 44.4. The van der Waals surface area contributed by atoms with E-state index < -0.39 is 12.1 Å². The van der Waals surface area contributed by atoms with Gasteiger partial charge in [-0.05, 0) is 77.0 Å². The maximum absolute atomic E-state index is 12.5. The number of hydrogen-bond acceptors (Lipinski definition) is 5. The summed E-state index contributed by atoms with van der Waals surface area (Å²) >= 11 is 0. The van der Waals surface area contributed by atoms with Crippen LogP contribution in [0.25, 0.3) is 0 Å². The number of allylic oxidation sites excluding steroid dienone is 4. The van der Waals surface area contributed by atoms with Gasteiger partial charge in [-0.1, -0.05) is 256 Å². The zero-order chi connectivity index (χ0) is 47.9. The summed E-state index contributed by atoms with van der Waals surface area (Å²) < 4.78 is 5.48. The largest absolute Gasteiger partial charge is 0.466 e. The smallest absolute Gasteiger partial charge is 0.305 e. The quantitative estimate of drug-likeness (QED) is 0.0321. The van der Waals surface area contributed by atoms with Crippen molar-refractivity contribution in [3.05, 3.63) is 24.3 Å². The number of aliphatic hydroxyl groups is 2. The molecule has 6 nitrogen and oxygen atoms in total. The van der Waals surface area contributed by atoms with Gasteiger partial charge >= 0.3 is 5.97 Å². The molecule has 0 aliphatic carbocycles. The van der Waals surface area contributed by atoms with E-state index in [4.69, 9.17) is 4.74 Å². The first kappa shape index (κ1) is 64.3. The predicted molar refractivity (Wildman–Crippen MR) is 287 cm³/mol. The zero-order valence-electron chi connectivity index (χ0n) is 44.4. The maximum Gasteiger partial charge on any atom is 0.305 e. The van der Waals surface area contributed by atoms with E-state index >= 15 is 0 Å². The Morgan fingerprint density at radius 3 is 1.08 bits per heavy atom. The second kappa shape index (κ2) is 55.9. The van der Waals surface area contributed by atoms with Crippen LogP contribution in [0.15, 0.2) is 24.3 Å². The lowest BCUT2D eigenvalue weighted by molar-refractivity contribution is -0.143. The Hall–Kier alpha value is -1.66. The number of aliphatic hydroxyl groups excluding tert-OH is 2. The van der Waals surface area contributed by atoms with E-state index in [-0.39, 0.29) is 18.5 Å². The summed E-state index contributed by atoms with van der Waals surface area (Å²) in [6.45, 7) is 4.93. The number of esters is 1. The van der Waals surface area contributed by atoms with E-state index in [1.807, 2.05) is 0 Å². The van der Waals surface area contributed by atoms with E-state index in [1.54, 1.807) is 0 Å². The SMILES string of the molecule is CCCCCCCC/C=C\CCCCCCCCCCCC(=O)OCCCCCC/C=C\CCCCCCCCCC(=O)NC(CO)C(O)CCCCCCCCCCCCCCCCC. The first-order valence-electron chi connectivity index (χ1n) is 29.6. The first-order chi connectivity index (χ1) is 32.5. The van der Waals surface area contributed by atoms with Crippen LogP contribution in [0.1, 0.15) is 322 Å². The van der Waals surface area contributed by atoms with Gasteiger partial charge in [0.15, 0.2) is 0 Å². The molecule has 0 fully saturated rings. The van der Waals surface area contributed by atoms with Crippen molar-refractivity contribution in [1.29, 1.82) is 0 Å². The van der Waals surface area contributed by atoms with Crippen molar-refractivity contribution in [2.45, 2.75) is 334 Å². The maximum atomic E-state index is 12.5. The molecule has 0 rings (SSSR count). The summed E-state index contributed by atoms with van der Waals surface area (Å²) in [5.74, 6) is -0.0589. The van der Waals surface area contributed by atoms with Gasteiger partial charge in [-0.3, -0.25) is 9.59 Å². The molecule has 6 heteroatoms. The highest BCUT2D eigenvalue weighted by atomic mass is 16.5. The van der Waals surface area contributed by atoms with Crippen LogP contribution in [0.4, 0.5) is 0 Å². The fourth-order valence-corrected chi connectivity index (χ4v) is 9.16. The van der Waals surface area contributed by atoms with Crippen LogP contribution in [0.2, 0.25) is 0 Å². The van der Waals surface area contributed by atoms with Crippen LogP contribution in [0, 0.1) is 0 Å². The molecule has 2 unspecified atom stereocenters. The highest BCUT2D eigenvalue weighted by Crippen LogP contribution is 2.17. The molecule has 390 valence electrons. The van der Waals surface area contributed by atoms with Crippen molar-refractivity contribution in [3.8, 4) is 0 Å². The van der Waals surface area contributed by atoms with Crippen molar-refractivity contribution < 1.29 is 24.5 Å². The van der Waals surface area contributed by atoms with Gasteiger partial charge in [0.2, 0.25) is 5.91 Å². The molecule has 0 aromatic carbocycles. The minimum Gasteiger partial charge on any atom is -0.466 e. The monoisotopic (exact) mass is 930 g/mol. The van der Waals surface area contributed by atoms with Gasteiger partial charge in [0, 0.05) is 12.8 Å². The lowest BCUT2D eigenvalue weighted by Gasteiger charge is -2.22. The van der Waals surface area contributed by atoms with Crippen LogP contribution in [0.5, 0.6) is 0 Å². The third-order valence-corrected chi connectivity index (χ3v) is 13.7. The first-order valence-corrected chi connectivity index (χ1v) is 29.6. The molecule has 1 amide bonds. The Bertz CT molecular complexity index is 1030. The van der Waals surface area contributed by atoms with Gasteiger partial charge in [0.1, 0.15) is 0 Å². The Morgan fingerprint density at radius 1 is 0.409 bits per heavy atom. The third kappa shape index (κ3) is 51.7. The van der Waals surface area contributed by atoms with Crippen molar-refractivity contribution >= 4 is 11.9 Å². The molecule has 0 aromatic rings. The van der Waals surface area contributed by atoms with Crippen molar-refractivity contribution in [3.63, 3.8) is 0 Å². The lowest BCUT2D eigenvalue weighted by atomic mass is 10.0. The van der Waals surface area contributed by atoms with Crippen molar-refractivity contribution in [2.75, 3.05) is 13.2 Å². The molecule has 0 bridgehead atoms. The van der Waals surface area contributed by atoms with Crippen molar-refractivity contribution in [2.24, 2.45) is 0 Å². The minimum atomic E-state index is -0.674. The molecule has 0 saturated heterocycles. The molecular formula is C60H115NO5. The minimum absolute atomic E-state index is 0.0101. The number of nitrogens with one attached hydrogen (secondary N) is 1. The van der Waals surface area contributed by atoms with Crippen LogP contribution in [0.3, 0.4) is 0 Å². The standard InChI is InChI=1S/C60H115NO5/c1-3-5-7-9-11-13-15-17-19-20-21-22-26-30-34-38-42-46-50-54-60(65)66-55-51-47-43-39-35-31-27-23-25-29-33-37-41-45-49-53-59(64)61-57(56-62)58(63)52-48-44-40-36-32-28-24-18-16-14-12-10-8-6-4-2/h17,19,27,31,57-58,62-63H,3-16,18,20-26,28-30,32-56H2,1-2H3,(H,61,64)/b19-17-,31-27-. The fourth-order valence-electron chi connectivity index (χ4n) is 9.16. The Balaban J connectivity index is 3.45. The Morgan fingerprint density at radius 2 is 0.712 bits per heavy atom. The van der Waals surface area contributed by atoms with E-state index in [1.165, 1.54) is 218 Å². The summed E-state index contributed by atoms with van der Waals surface area (Å²) in [4.78, 5) is 24.6. The van der Waals surface area contributed by atoms with E-state index in [0.717, 1.165) is 70.6 Å². The number of carbonyl (C=O) groups excluding carboxylic acids is 2.